The lowest BCUT2D eigenvalue weighted by atomic mass is 10.2. The highest BCUT2D eigenvalue weighted by Gasteiger charge is 2.09. The summed E-state index contributed by atoms with van der Waals surface area (Å²) in [6.07, 6.45) is 0. The number of hydrogen-bond acceptors (Lipinski definition) is 3. The molecule has 90 valence electrons. The Morgan fingerprint density at radius 1 is 1.56 bits per heavy atom. The molecule has 16 heavy (non-hydrogen) atoms. The van der Waals surface area contributed by atoms with Crippen LogP contribution in [0.25, 0.3) is 0 Å². The summed E-state index contributed by atoms with van der Waals surface area (Å²) in [5.74, 6) is -0.725. The van der Waals surface area contributed by atoms with Crippen molar-refractivity contribution in [1.82, 2.24) is 0 Å². The number of benzene rings is 1. The van der Waals surface area contributed by atoms with Gasteiger partial charge in [-0.15, -0.1) is 12.4 Å². The van der Waals surface area contributed by atoms with E-state index in [1.54, 1.807) is 6.92 Å². The van der Waals surface area contributed by atoms with E-state index < -0.39 is 11.9 Å². The van der Waals surface area contributed by atoms with Crippen LogP contribution in [0.15, 0.2) is 18.2 Å². The zero-order valence-corrected chi connectivity index (χ0v) is 9.81. The lowest BCUT2D eigenvalue weighted by molar-refractivity contribution is -0.117. The van der Waals surface area contributed by atoms with Gasteiger partial charge in [0.1, 0.15) is 0 Å². The molecule has 0 saturated carbocycles. The molecular formula is C10H14ClFN2O2. The molecule has 0 aliphatic heterocycles. The first-order chi connectivity index (χ1) is 7.04. The molecule has 0 spiro atoms. The van der Waals surface area contributed by atoms with E-state index in [0.29, 0.717) is 5.69 Å². The normalized spacial score (nSPS) is 11.2. The Kier molecular flexibility index (Phi) is 5.77. The number of nitrogens with one attached hydrogen (secondary N) is 1. The number of carbonyl (C=O) groups is 1. The smallest absolute Gasteiger partial charge is 0.241 e. The molecular weight excluding hydrogens is 235 g/mol. The molecule has 0 radical (unpaired) electrons. The molecule has 6 heteroatoms. The van der Waals surface area contributed by atoms with Gasteiger partial charge in [-0.05, 0) is 19.1 Å². The van der Waals surface area contributed by atoms with Crippen molar-refractivity contribution >= 4 is 24.0 Å². The van der Waals surface area contributed by atoms with Crippen LogP contribution in [0.5, 0.6) is 5.75 Å². The molecule has 1 aromatic carbocycles. The minimum Gasteiger partial charge on any atom is -0.494 e. The number of amides is 1. The predicted molar refractivity (Wildman–Crippen MR) is 62.5 cm³/mol. The average Bonchev–Trinajstić information content (AvgIpc) is 2.20. The summed E-state index contributed by atoms with van der Waals surface area (Å²) in [6, 6.07) is 3.45. The molecule has 0 unspecified atom stereocenters. The summed E-state index contributed by atoms with van der Waals surface area (Å²) in [7, 11) is 1.36. The van der Waals surface area contributed by atoms with E-state index in [9.17, 15) is 9.18 Å². The molecule has 1 atom stereocenters. The van der Waals surface area contributed by atoms with E-state index in [4.69, 9.17) is 10.5 Å². The Hall–Kier alpha value is -1.33. The van der Waals surface area contributed by atoms with Crippen LogP contribution in [-0.4, -0.2) is 19.1 Å². The highest BCUT2D eigenvalue weighted by Crippen LogP contribution is 2.21. The SMILES string of the molecule is COc1cc(NC(=O)[C@H](C)N)ccc1F.Cl. The van der Waals surface area contributed by atoms with Crippen molar-refractivity contribution in [2.24, 2.45) is 5.73 Å². The van der Waals surface area contributed by atoms with Gasteiger partial charge >= 0.3 is 0 Å². The van der Waals surface area contributed by atoms with Gasteiger partial charge in [0.05, 0.1) is 13.2 Å². The minimum atomic E-state index is -0.610. The molecule has 1 rings (SSSR count). The topological polar surface area (TPSA) is 64.3 Å². The van der Waals surface area contributed by atoms with Crippen molar-refractivity contribution in [3.63, 3.8) is 0 Å². The van der Waals surface area contributed by atoms with Gasteiger partial charge in [0, 0.05) is 11.8 Å². The van der Waals surface area contributed by atoms with Crippen molar-refractivity contribution < 1.29 is 13.9 Å². The quantitative estimate of drug-likeness (QED) is 0.853. The number of halogens is 2. The highest BCUT2D eigenvalue weighted by atomic mass is 35.5. The fourth-order valence-electron chi connectivity index (χ4n) is 0.994. The number of nitrogens with two attached hydrogens (primary N) is 1. The molecule has 4 nitrogen and oxygen atoms in total. The van der Waals surface area contributed by atoms with E-state index >= 15 is 0 Å². The van der Waals surface area contributed by atoms with Crippen LogP contribution in [0.1, 0.15) is 6.92 Å². The van der Waals surface area contributed by atoms with E-state index in [-0.39, 0.29) is 24.1 Å². The second-order valence-corrected chi connectivity index (χ2v) is 3.13. The number of hydrogen-bond donors (Lipinski definition) is 2. The van der Waals surface area contributed by atoms with Gasteiger partial charge in [-0.3, -0.25) is 4.79 Å². The Labute approximate surface area is 99.4 Å². The van der Waals surface area contributed by atoms with Gasteiger partial charge in [0.15, 0.2) is 11.6 Å². The molecule has 0 heterocycles. The number of ether oxygens (including phenoxy) is 1. The maximum Gasteiger partial charge on any atom is 0.241 e. The Morgan fingerprint density at radius 3 is 2.69 bits per heavy atom. The van der Waals surface area contributed by atoms with Gasteiger partial charge < -0.3 is 15.8 Å². The Balaban J connectivity index is 0.00000225. The Morgan fingerprint density at radius 2 is 2.19 bits per heavy atom. The van der Waals surface area contributed by atoms with Crippen LogP contribution in [0.2, 0.25) is 0 Å². The maximum atomic E-state index is 13.0. The zero-order chi connectivity index (χ0) is 11.4. The summed E-state index contributed by atoms with van der Waals surface area (Å²) >= 11 is 0. The first-order valence-corrected chi connectivity index (χ1v) is 4.44. The van der Waals surface area contributed by atoms with Gasteiger partial charge in [0.2, 0.25) is 5.91 Å². The van der Waals surface area contributed by atoms with Crippen LogP contribution in [-0.2, 0) is 4.79 Å². The van der Waals surface area contributed by atoms with E-state index in [1.165, 1.54) is 25.3 Å². The first-order valence-electron chi connectivity index (χ1n) is 4.44. The van der Waals surface area contributed by atoms with Crippen molar-refractivity contribution in [2.45, 2.75) is 13.0 Å². The second kappa shape index (κ2) is 6.30. The zero-order valence-electron chi connectivity index (χ0n) is 8.99. The van der Waals surface area contributed by atoms with Gasteiger partial charge in [-0.2, -0.15) is 0 Å². The fraction of sp³-hybridized carbons (Fsp3) is 0.300. The van der Waals surface area contributed by atoms with Gasteiger partial charge in [-0.1, -0.05) is 0 Å². The molecule has 1 aromatic rings. The van der Waals surface area contributed by atoms with Crippen molar-refractivity contribution in [1.29, 1.82) is 0 Å². The lowest BCUT2D eigenvalue weighted by Crippen LogP contribution is -2.32. The first kappa shape index (κ1) is 14.7. The van der Waals surface area contributed by atoms with E-state index in [1.807, 2.05) is 0 Å². The van der Waals surface area contributed by atoms with Crippen LogP contribution in [0.3, 0.4) is 0 Å². The summed E-state index contributed by atoms with van der Waals surface area (Å²) in [5.41, 5.74) is 5.82. The van der Waals surface area contributed by atoms with E-state index in [0.717, 1.165) is 0 Å². The minimum absolute atomic E-state index is 0. The van der Waals surface area contributed by atoms with Crippen molar-refractivity contribution in [3.8, 4) is 5.75 Å². The molecule has 0 bridgehead atoms. The number of carbonyl (C=O) groups excluding carboxylic acids is 1. The third kappa shape index (κ3) is 3.67. The summed E-state index contributed by atoms with van der Waals surface area (Å²) in [4.78, 5) is 11.2. The molecule has 0 saturated heterocycles. The monoisotopic (exact) mass is 248 g/mol. The molecule has 1 amide bonds. The third-order valence-corrected chi connectivity index (χ3v) is 1.83. The lowest BCUT2D eigenvalue weighted by Gasteiger charge is -2.09. The summed E-state index contributed by atoms with van der Waals surface area (Å²) in [6.45, 7) is 1.57. The predicted octanol–water partition coefficient (Wildman–Crippen LogP) is 1.54. The average molecular weight is 249 g/mol. The van der Waals surface area contributed by atoms with Crippen LogP contribution in [0.4, 0.5) is 10.1 Å². The van der Waals surface area contributed by atoms with Crippen molar-refractivity contribution in [3.05, 3.63) is 24.0 Å². The number of methoxy groups -OCH3 is 1. The fourth-order valence-corrected chi connectivity index (χ4v) is 0.994. The van der Waals surface area contributed by atoms with Gasteiger partial charge in [0.25, 0.3) is 0 Å². The van der Waals surface area contributed by atoms with Crippen LogP contribution >= 0.6 is 12.4 Å². The molecule has 3 N–H and O–H groups in total. The third-order valence-electron chi connectivity index (χ3n) is 1.83. The standard InChI is InChI=1S/C10H13FN2O2.ClH/c1-6(12)10(14)13-7-3-4-8(11)9(5-7)15-2;/h3-6H,12H2,1-2H3,(H,13,14);1H/t6-;/m0./s1. The molecule has 0 aromatic heterocycles. The highest BCUT2D eigenvalue weighted by molar-refractivity contribution is 5.94. The van der Waals surface area contributed by atoms with Crippen LogP contribution in [0, 0.1) is 5.82 Å². The molecule has 0 aliphatic carbocycles. The number of rotatable bonds is 3. The second-order valence-electron chi connectivity index (χ2n) is 3.13. The largest absolute Gasteiger partial charge is 0.494 e. The van der Waals surface area contributed by atoms with Gasteiger partial charge in [-0.25, -0.2) is 4.39 Å². The maximum absolute atomic E-state index is 13.0. The van der Waals surface area contributed by atoms with Crippen molar-refractivity contribution in [2.75, 3.05) is 12.4 Å². The summed E-state index contributed by atoms with van der Waals surface area (Å²) < 4.78 is 17.8. The van der Waals surface area contributed by atoms with Crippen LogP contribution < -0.4 is 15.8 Å². The number of anilines is 1. The Bertz CT molecular complexity index is 372. The molecule has 0 fully saturated rings. The van der Waals surface area contributed by atoms with E-state index in [2.05, 4.69) is 5.32 Å². The molecule has 0 aliphatic rings. The summed E-state index contributed by atoms with van der Waals surface area (Å²) in [5, 5.41) is 2.53.